The molecule has 2 heterocycles. The van der Waals surface area contributed by atoms with Crippen LogP contribution in [0.25, 0.3) is 0 Å². The average molecular weight is 478 g/mol. The van der Waals surface area contributed by atoms with Gasteiger partial charge in [0.25, 0.3) is 0 Å². The Morgan fingerprint density at radius 2 is 1.88 bits per heavy atom. The van der Waals surface area contributed by atoms with E-state index < -0.39 is 16.1 Å². The van der Waals surface area contributed by atoms with Gasteiger partial charge in [-0.15, -0.1) is 11.3 Å². The van der Waals surface area contributed by atoms with E-state index in [2.05, 4.69) is 5.32 Å². The molecule has 1 aliphatic rings. The second kappa shape index (κ2) is 10.6. The average Bonchev–Trinajstić information content (AvgIpc) is 3.46. The van der Waals surface area contributed by atoms with E-state index >= 15 is 0 Å². The highest BCUT2D eigenvalue weighted by Crippen LogP contribution is 2.23. The first kappa shape index (κ1) is 24.4. The summed E-state index contributed by atoms with van der Waals surface area (Å²) < 4.78 is 26.7. The fourth-order valence-corrected chi connectivity index (χ4v) is 6.19. The number of amides is 2. The van der Waals surface area contributed by atoms with Gasteiger partial charge in [0, 0.05) is 24.5 Å². The molecule has 2 unspecified atom stereocenters. The van der Waals surface area contributed by atoms with E-state index in [1.165, 1.54) is 4.31 Å². The molecule has 0 bridgehead atoms. The van der Waals surface area contributed by atoms with E-state index in [0.717, 1.165) is 16.9 Å². The van der Waals surface area contributed by atoms with Crippen molar-refractivity contribution in [1.82, 2.24) is 14.5 Å². The van der Waals surface area contributed by atoms with Crippen molar-refractivity contribution < 1.29 is 18.0 Å². The summed E-state index contributed by atoms with van der Waals surface area (Å²) in [5.41, 5.74) is 0.811. The molecule has 174 valence electrons. The summed E-state index contributed by atoms with van der Waals surface area (Å²) in [5.74, 6) is -0.196. The summed E-state index contributed by atoms with van der Waals surface area (Å²) in [7, 11) is -3.52. The first-order chi connectivity index (χ1) is 15.3. The summed E-state index contributed by atoms with van der Waals surface area (Å²) in [4.78, 5) is 28.6. The van der Waals surface area contributed by atoms with Gasteiger partial charge in [-0.25, -0.2) is 8.42 Å². The van der Waals surface area contributed by atoms with Crippen LogP contribution in [0, 0.1) is 0 Å². The monoisotopic (exact) mass is 477 g/mol. The Kier molecular flexibility index (Phi) is 8.08. The Morgan fingerprint density at radius 3 is 2.47 bits per heavy atom. The van der Waals surface area contributed by atoms with E-state index in [1.807, 2.05) is 38.3 Å². The van der Waals surface area contributed by atoms with Crippen LogP contribution in [0.1, 0.15) is 50.1 Å². The summed E-state index contributed by atoms with van der Waals surface area (Å²) >= 11 is 1.54. The van der Waals surface area contributed by atoms with Gasteiger partial charge in [-0.05, 0) is 48.9 Å². The molecular formula is C23H31N3O4S2. The van der Waals surface area contributed by atoms with E-state index in [-0.39, 0.29) is 22.8 Å². The molecule has 3 rings (SSSR count). The normalized spacial score (nSPS) is 17.5. The van der Waals surface area contributed by atoms with Crippen LogP contribution in [0.15, 0.2) is 46.7 Å². The Morgan fingerprint density at radius 1 is 1.19 bits per heavy atom. The Bertz CT molecular complexity index is 1020. The quantitative estimate of drug-likeness (QED) is 0.601. The van der Waals surface area contributed by atoms with E-state index in [1.54, 1.807) is 40.5 Å². The molecule has 1 N–H and O–H groups in total. The molecule has 9 heteroatoms. The van der Waals surface area contributed by atoms with Crippen molar-refractivity contribution in [2.45, 2.75) is 57.0 Å². The number of rotatable bonds is 9. The summed E-state index contributed by atoms with van der Waals surface area (Å²) in [6.45, 7) is 6.90. The number of hydrogen-bond acceptors (Lipinski definition) is 5. The van der Waals surface area contributed by atoms with Crippen LogP contribution in [0.2, 0.25) is 0 Å². The third-order valence-electron chi connectivity index (χ3n) is 5.86. The fraction of sp³-hybridized carbons (Fsp3) is 0.478. The van der Waals surface area contributed by atoms with Crippen molar-refractivity contribution in [2.24, 2.45) is 0 Å². The van der Waals surface area contributed by atoms with Crippen LogP contribution in [0.4, 0.5) is 0 Å². The van der Waals surface area contributed by atoms with Crippen molar-refractivity contribution in [3.05, 3.63) is 52.2 Å². The number of carbonyl (C=O) groups excluding carboxylic acids is 2. The first-order valence-electron chi connectivity index (χ1n) is 11.0. The molecule has 1 aromatic heterocycles. The van der Waals surface area contributed by atoms with Gasteiger partial charge < -0.3 is 10.2 Å². The van der Waals surface area contributed by atoms with Gasteiger partial charge in [-0.1, -0.05) is 32.0 Å². The Balaban J connectivity index is 1.64. The number of carbonyl (C=O) groups is 2. The van der Waals surface area contributed by atoms with Crippen LogP contribution in [-0.4, -0.2) is 55.1 Å². The number of hydrogen-bond donors (Lipinski definition) is 1. The summed E-state index contributed by atoms with van der Waals surface area (Å²) in [6, 6.07) is 9.71. The zero-order valence-corrected chi connectivity index (χ0v) is 20.4. The number of likely N-dealkylation sites (tertiary alicyclic amines) is 1. The molecular weight excluding hydrogens is 446 g/mol. The first-order valence-corrected chi connectivity index (χ1v) is 13.3. The SMILES string of the molecule is CCN(CC)S(=O)(=O)c1ccc(C(C)NC(=O)C2CCCN2C(=O)Cc2cccs2)cc1. The van der Waals surface area contributed by atoms with Crippen molar-refractivity contribution in [1.29, 1.82) is 0 Å². The molecule has 0 radical (unpaired) electrons. The predicted molar refractivity (Wildman–Crippen MR) is 126 cm³/mol. The molecule has 2 atom stereocenters. The summed E-state index contributed by atoms with van der Waals surface area (Å²) in [5, 5.41) is 4.94. The van der Waals surface area contributed by atoms with Gasteiger partial charge in [0.1, 0.15) is 6.04 Å². The van der Waals surface area contributed by atoms with Crippen molar-refractivity contribution in [2.75, 3.05) is 19.6 Å². The second-order valence-corrected chi connectivity index (χ2v) is 10.9. The minimum atomic E-state index is -3.52. The lowest BCUT2D eigenvalue weighted by molar-refractivity contribution is -0.138. The highest BCUT2D eigenvalue weighted by molar-refractivity contribution is 7.89. The largest absolute Gasteiger partial charge is 0.348 e. The fourth-order valence-electron chi connectivity index (χ4n) is 4.04. The van der Waals surface area contributed by atoms with Crippen LogP contribution in [0.3, 0.4) is 0 Å². The Hall–Kier alpha value is -2.23. The molecule has 0 spiro atoms. The highest BCUT2D eigenvalue weighted by Gasteiger charge is 2.34. The number of thiophene rings is 1. The van der Waals surface area contributed by atoms with Crippen LogP contribution in [0.5, 0.6) is 0 Å². The lowest BCUT2D eigenvalue weighted by atomic mass is 10.1. The summed E-state index contributed by atoms with van der Waals surface area (Å²) in [6.07, 6.45) is 1.77. The van der Waals surface area contributed by atoms with E-state index in [0.29, 0.717) is 32.5 Å². The molecule has 0 saturated carbocycles. The molecule has 32 heavy (non-hydrogen) atoms. The second-order valence-electron chi connectivity index (χ2n) is 7.89. The van der Waals surface area contributed by atoms with Gasteiger partial charge in [0.2, 0.25) is 21.8 Å². The van der Waals surface area contributed by atoms with Crippen LogP contribution in [-0.2, 0) is 26.0 Å². The maximum absolute atomic E-state index is 12.9. The molecule has 2 aromatic rings. The van der Waals surface area contributed by atoms with Gasteiger partial charge in [0.15, 0.2) is 0 Å². The molecule has 1 aliphatic heterocycles. The number of nitrogens with zero attached hydrogens (tertiary/aromatic N) is 2. The minimum Gasteiger partial charge on any atom is -0.348 e. The molecule has 1 saturated heterocycles. The maximum atomic E-state index is 12.9. The van der Waals surface area contributed by atoms with Crippen LogP contribution < -0.4 is 5.32 Å². The maximum Gasteiger partial charge on any atom is 0.243 e. The molecule has 1 fully saturated rings. The molecule has 0 aliphatic carbocycles. The van der Waals surface area contributed by atoms with E-state index in [9.17, 15) is 18.0 Å². The highest BCUT2D eigenvalue weighted by atomic mass is 32.2. The lowest BCUT2D eigenvalue weighted by Gasteiger charge is -2.26. The van der Waals surface area contributed by atoms with Gasteiger partial charge in [-0.3, -0.25) is 9.59 Å². The number of benzene rings is 1. The van der Waals surface area contributed by atoms with Crippen molar-refractivity contribution >= 4 is 33.2 Å². The zero-order valence-electron chi connectivity index (χ0n) is 18.8. The third-order valence-corrected chi connectivity index (χ3v) is 8.80. The third kappa shape index (κ3) is 5.39. The number of sulfonamides is 1. The Labute approximate surface area is 194 Å². The zero-order chi connectivity index (χ0) is 23.3. The molecule has 2 amide bonds. The van der Waals surface area contributed by atoms with Gasteiger partial charge in [-0.2, -0.15) is 4.31 Å². The topological polar surface area (TPSA) is 86.8 Å². The van der Waals surface area contributed by atoms with Gasteiger partial charge >= 0.3 is 0 Å². The minimum absolute atomic E-state index is 0.0243. The van der Waals surface area contributed by atoms with Crippen molar-refractivity contribution in [3.63, 3.8) is 0 Å². The smallest absolute Gasteiger partial charge is 0.243 e. The van der Waals surface area contributed by atoms with Gasteiger partial charge in [0.05, 0.1) is 17.4 Å². The molecule has 7 nitrogen and oxygen atoms in total. The van der Waals surface area contributed by atoms with Crippen molar-refractivity contribution in [3.8, 4) is 0 Å². The lowest BCUT2D eigenvalue weighted by Crippen LogP contribution is -2.47. The van der Waals surface area contributed by atoms with E-state index in [4.69, 9.17) is 0 Å². The standard InChI is InChI=1S/C23H31N3O4S2/c1-4-25(5-2)32(29,30)20-12-10-18(11-13-20)17(3)24-23(28)21-9-6-14-26(21)22(27)16-19-8-7-15-31-19/h7-8,10-13,15,17,21H,4-6,9,14,16H2,1-3H3,(H,24,28). The predicted octanol–water partition coefficient (Wildman–Crippen LogP) is 3.19. The molecule has 1 aromatic carbocycles. The number of nitrogens with one attached hydrogen (secondary N) is 1. The van der Waals surface area contributed by atoms with Crippen LogP contribution >= 0.6 is 11.3 Å².